The number of allylic oxidation sites excluding steroid dienone is 1. The first kappa shape index (κ1) is 16.3. The summed E-state index contributed by atoms with van der Waals surface area (Å²) < 4.78 is 0. The number of nitrogens with one attached hydrogen (secondary N) is 1. The van der Waals surface area contributed by atoms with Crippen LogP contribution in [0.15, 0.2) is 48.6 Å². The number of hydrogen-bond acceptors (Lipinski definition) is 5. The van der Waals surface area contributed by atoms with E-state index in [-0.39, 0.29) is 22.8 Å². The normalized spacial score (nSPS) is 16.0. The van der Waals surface area contributed by atoms with Crippen LogP contribution in [0.2, 0.25) is 0 Å². The molecule has 0 aromatic heterocycles. The van der Waals surface area contributed by atoms with Gasteiger partial charge in [0, 0.05) is 18.2 Å². The van der Waals surface area contributed by atoms with Crippen molar-refractivity contribution in [2.45, 2.75) is 0 Å². The highest BCUT2D eigenvalue weighted by Crippen LogP contribution is 2.12. The lowest BCUT2D eigenvalue weighted by atomic mass is 10.0. The summed E-state index contributed by atoms with van der Waals surface area (Å²) in [5.41, 5.74) is 0.374. The molecule has 1 aliphatic rings. The summed E-state index contributed by atoms with van der Waals surface area (Å²) in [5.74, 6) is -1.89. The highest BCUT2D eigenvalue weighted by atomic mass is 32.1. The minimum absolute atomic E-state index is 0.0251. The molecule has 6 nitrogen and oxygen atoms in total. The molecule has 0 unspecified atom stereocenters. The lowest BCUT2D eigenvalue weighted by Gasteiger charge is -2.27. The Hall–Kier alpha value is -3.11. The van der Waals surface area contributed by atoms with Crippen LogP contribution >= 0.6 is 12.2 Å². The van der Waals surface area contributed by atoms with Gasteiger partial charge in [0.25, 0.3) is 11.8 Å². The van der Waals surface area contributed by atoms with Gasteiger partial charge in [0.15, 0.2) is 10.9 Å². The molecule has 1 aromatic rings. The summed E-state index contributed by atoms with van der Waals surface area (Å²) in [7, 11) is 0. The summed E-state index contributed by atoms with van der Waals surface area (Å²) in [4.78, 5) is 37.5. The number of thiocarbonyl (C=S) groups is 1. The molecule has 2 rings (SSSR count). The average molecular weight is 325 g/mol. The number of nitriles is 1. The Morgan fingerprint density at radius 2 is 2.00 bits per heavy atom. The van der Waals surface area contributed by atoms with Crippen molar-refractivity contribution < 1.29 is 14.4 Å². The predicted molar refractivity (Wildman–Crippen MR) is 86.2 cm³/mol. The van der Waals surface area contributed by atoms with Gasteiger partial charge in [-0.1, -0.05) is 6.08 Å². The van der Waals surface area contributed by atoms with Gasteiger partial charge in [-0.25, -0.2) is 0 Å². The molecule has 1 aromatic carbocycles. The van der Waals surface area contributed by atoms with Crippen LogP contribution in [0.4, 0.5) is 0 Å². The van der Waals surface area contributed by atoms with Crippen molar-refractivity contribution in [2.24, 2.45) is 0 Å². The predicted octanol–water partition coefficient (Wildman–Crippen LogP) is 1.10. The molecule has 0 saturated carbocycles. The molecule has 0 atom stereocenters. The maximum atomic E-state index is 12.3. The van der Waals surface area contributed by atoms with Crippen LogP contribution in [0.25, 0.3) is 0 Å². The van der Waals surface area contributed by atoms with Gasteiger partial charge >= 0.3 is 0 Å². The monoisotopic (exact) mass is 325 g/mol. The maximum absolute atomic E-state index is 12.3. The Morgan fingerprint density at radius 1 is 1.35 bits per heavy atom. The summed E-state index contributed by atoms with van der Waals surface area (Å²) in [6, 6.07) is 7.80. The van der Waals surface area contributed by atoms with Crippen molar-refractivity contribution in [2.75, 3.05) is 6.54 Å². The molecule has 23 heavy (non-hydrogen) atoms. The first-order valence-corrected chi connectivity index (χ1v) is 6.93. The number of amides is 2. The van der Waals surface area contributed by atoms with E-state index in [1.807, 2.05) is 6.07 Å². The van der Waals surface area contributed by atoms with Gasteiger partial charge in [-0.05, 0) is 36.5 Å². The third-order valence-corrected chi connectivity index (χ3v) is 3.39. The first-order valence-electron chi connectivity index (χ1n) is 6.52. The molecule has 1 aliphatic heterocycles. The Bertz CT molecular complexity index is 788. The third-order valence-electron chi connectivity index (χ3n) is 3.07. The fraction of sp³-hybridized carbons (Fsp3) is 0.0625. The molecule has 1 fully saturated rings. The van der Waals surface area contributed by atoms with Gasteiger partial charge in [-0.3, -0.25) is 24.6 Å². The Kier molecular flexibility index (Phi) is 4.79. The zero-order valence-corrected chi connectivity index (χ0v) is 12.7. The van der Waals surface area contributed by atoms with E-state index in [0.717, 1.165) is 11.0 Å². The zero-order valence-electron chi connectivity index (χ0n) is 11.9. The molecule has 1 saturated heterocycles. The highest BCUT2D eigenvalue weighted by molar-refractivity contribution is 7.80. The molecule has 0 spiro atoms. The summed E-state index contributed by atoms with van der Waals surface area (Å²) in [6.07, 6.45) is 2.43. The largest absolute Gasteiger partial charge is 0.298 e. The van der Waals surface area contributed by atoms with Crippen LogP contribution in [-0.2, 0) is 9.59 Å². The molecule has 0 radical (unpaired) electrons. The fourth-order valence-electron chi connectivity index (χ4n) is 1.91. The van der Waals surface area contributed by atoms with Gasteiger partial charge in [-0.15, -0.1) is 6.58 Å². The topological polar surface area (TPSA) is 90.3 Å². The molecule has 1 N–H and O–H groups in total. The number of benzene rings is 1. The second-order valence-electron chi connectivity index (χ2n) is 4.58. The van der Waals surface area contributed by atoms with Crippen molar-refractivity contribution in [3.8, 4) is 6.07 Å². The lowest BCUT2D eigenvalue weighted by molar-refractivity contribution is -0.128. The SMILES string of the molecule is C=CCN1C(=O)C(=CC(=O)c2ccc(C#N)cc2)C(=O)NC1=S. The minimum atomic E-state index is -0.720. The molecular formula is C16H11N3O3S. The van der Waals surface area contributed by atoms with Crippen molar-refractivity contribution in [1.29, 1.82) is 5.26 Å². The van der Waals surface area contributed by atoms with E-state index in [0.29, 0.717) is 5.56 Å². The molecule has 114 valence electrons. The highest BCUT2D eigenvalue weighted by Gasteiger charge is 2.33. The first-order chi connectivity index (χ1) is 11.0. The van der Waals surface area contributed by atoms with Gasteiger partial charge in [0.1, 0.15) is 5.57 Å². The number of hydrogen-bond donors (Lipinski definition) is 1. The molecule has 0 bridgehead atoms. The van der Waals surface area contributed by atoms with E-state index >= 15 is 0 Å². The fourth-order valence-corrected chi connectivity index (χ4v) is 2.16. The smallest absolute Gasteiger partial charge is 0.266 e. The number of nitrogens with zero attached hydrogens (tertiary/aromatic N) is 2. The van der Waals surface area contributed by atoms with Crippen LogP contribution in [0.3, 0.4) is 0 Å². The van der Waals surface area contributed by atoms with Gasteiger partial charge in [0.05, 0.1) is 11.6 Å². The van der Waals surface area contributed by atoms with Gasteiger partial charge in [0.2, 0.25) is 0 Å². The van der Waals surface area contributed by atoms with Crippen molar-refractivity contribution in [3.05, 3.63) is 59.7 Å². The van der Waals surface area contributed by atoms with Crippen LogP contribution in [0.1, 0.15) is 15.9 Å². The van der Waals surface area contributed by atoms with E-state index in [1.165, 1.54) is 30.3 Å². The maximum Gasteiger partial charge on any atom is 0.266 e. The second kappa shape index (κ2) is 6.77. The summed E-state index contributed by atoms with van der Waals surface area (Å²) in [5, 5.41) is 11.1. The van der Waals surface area contributed by atoms with E-state index in [9.17, 15) is 14.4 Å². The van der Waals surface area contributed by atoms with Crippen LogP contribution < -0.4 is 5.32 Å². The van der Waals surface area contributed by atoms with Gasteiger partial charge in [-0.2, -0.15) is 5.26 Å². The van der Waals surface area contributed by atoms with Crippen LogP contribution in [0.5, 0.6) is 0 Å². The molecule has 2 amide bonds. The molecule has 0 aliphatic carbocycles. The zero-order chi connectivity index (χ0) is 17.0. The third kappa shape index (κ3) is 3.39. The van der Waals surface area contributed by atoms with Gasteiger partial charge < -0.3 is 0 Å². The van der Waals surface area contributed by atoms with E-state index < -0.39 is 17.6 Å². The van der Waals surface area contributed by atoms with E-state index in [4.69, 9.17) is 17.5 Å². The van der Waals surface area contributed by atoms with Crippen LogP contribution in [0, 0.1) is 11.3 Å². The van der Waals surface area contributed by atoms with Crippen molar-refractivity contribution in [3.63, 3.8) is 0 Å². The van der Waals surface area contributed by atoms with Crippen LogP contribution in [-0.4, -0.2) is 34.2 Å². The standard InChI is InChI=1S/C16H11N3O3S/c1-2-7-19-15(22)12(14(21)18-16(19)23)8-13(20)11-5-3-10(9-17)4-6-11/h2-6,8H,1,7H2,(H,18,21,23). The number of carbonyl (C=O) groups excluding carboxylic acids is 3. The summed E-state index contributed by atoms with van der Waals surface area (Å²) in [6.45, 7) is 3.64. The number of ketones is 1. The molecular weight excluding hydrogens is 314 g/mol. The van der Waals surface area contributed by atoms with Crippen molar-refractivity contribution >= 4 is 34.9 Å². The Labute approximate surface area is 137 Å². The Morgan fingerprint density at radius 3 is 2.57 bits per heavy atom. The number of rotatable bonds is 4. The number of carbonyl (C=O) groups is 3. The summed E-state index contributed by atoms with van der Waals surface area (Å²) >= 11 is 4.92. The second-order valence-corrected chi connectivity index (χ2v) is 4.96. The Balaban J connectivity index is 2.31. The van der Waals surface area contributed by atoms with E-state index in [2.05, 4.69) is 11.9 Å². The van der Waals surface area contributed by atoms with E-state index in [1.54, 1.807) is 0 Å². The quantitative estimate of drug-likeness (QED) is 0.294. The molecule has 1 heterocycles. The lowest BCUT2D eigenvalue weighted by Crippen LogP contribution is -2.54. The minimum Gasteiger partial charge on any atom is -0.298 e. The average Bonchev–Trinajstić information content (AvgIpc) is 2.55. The van der Waals surface area contributed by atoms with Crippen molar-refractivity contribution in [1.82, 2.24) is 10.2 Å². The molecule has 7 heteroatoms.